The quantitative estimate of drug-likeness (QED) is 0.333. The van der Waals surface area contributed by atoms with Crippen molar-refractivity contribution in [2.45, 2.75) is 20.8 Å². The molecule has 3 nitrogen and oxygen atoms in total. The fourth-order valence-electron chi connectivity index (χ4n) is 1.79. The first-order chi connectivity index (χ1) is 9.86. The smallest absolute Gasteiger partial charge is 0.370 e. The molecule has 0 radical (unpaired) electrons. The first-order valence-electron chi connectivity index (χ1n) is 6.29. The molecule has 1 aromatic carbocycles. The van der Waals surface area contributed by atoms with E-state index in [1.165, 1.54) is 20.8 Å². The molecule has 0 aromatic heterocycles. The van der Waals surface area contributed by atoms with Crippen LogP contribution in [0.15, 0.2) is 0 Å². The Morgan fingerprint density at radius 1 is 0.619 bits per heavy atom. The van der Waals surface area contributed by atoms with Crippen molar-refractivity contribution in [2.75, 3.05) is 19.8 Å². The van der Waals surface area contributed by atoms with Crippen LogP contribution in [0.5, 0.6) is 0 Å². The Kier molecular flexibility index (Phi) is 6.26. The Balaban J connectivity index is 3.64. The predicted octanol–water partition coefficient (Wildman–Crippen LogP) is 2.64. The highest BCUT2D eigenvalue weighted by molar-refractivity contribution is 6.75. The molecule has 0 fully saturated rings. The molecule has 0 heterocycles. The van der Waals surface area contributed by atoms with Gasteiger partial charge in [0.1, 0.15) is 5.19 Å². The van der Waals surface area contributed by atoms with E-state index >= 15 is 0 Å². The van der Waals surface area contributed by atoms with Crippen molar-refractivity contribution < 1.29 is 35.2 Å². The van der Waals surface area contributed by atoms with Gasteiger partial charge in [0.15, 0.2) is 23.3 Å². The summed E-state index contributed by atoms with van der Waals surface area (Å²) in [5.41, 5.74) is 0. The van der Waals surface area contributed by atoms with Gasteiger partial charge in [-0.1, -0.05) is 0 Å². The molecule has 0 atom stereocenters. The number of hydrogen-bond donors (Lipinski definition) is 0. The Labute approximate surface area is 120 Å². The van der Waals surface area contributed by atoms with Crippen molar-refractivity contribution in [3.63, 3.8) is 0 Å². The van der Waals surface area contributed by atoms with Gasteiger partial charge in [-0.15, -0.1) is 0 Å². The van der Waals surface area contributed by atoms with Gasteiger partial charge < -0.3 is 13.3 Å². The van der Waals surface area contributed by atoms with Gasteiger partial charge in [0, 0.05) is 19.8 Å². The second-order valence-electron chi connectivity index (χ2n) is 3.80. The molecular formula is C12H15F5O3Si. The van der Waals surface area contributed by atoms with E-state index in [0.717, 1.165) is 0 Å². The van der Waals surface area contributed by atoms with E-state index in [1.807, 2.05) is 0 Å². The first kappa shape index (κ1) is 18.0. The molecule has 21 heavy (non-hydrogen) atoms. The van der Waals surface area contributed by atoms with Gasteiger partial charge in [-0.2, -0.15) is 0 Å². The lowest BCUT2D eigenvalue weighted by Gasteiger charge is -2.29. The van der Waals surface area contributed by atoms with Crippen LogP contribution < -0.4 is 5.19 Å². The van der Waals surface area contributed by atoms with E-state index in [0.29, 0.717) is 0 Å². The summed E-state index contributed by atoms with van der Waals surface area (Å²) >= 11 is 0. The van der Waals surface area contributed by atoms with E-state index < -0.39 is 43.1 Å². The van der Waals surface area contributed by atoms with E-state index in [-0.39, 0.29) is 19.8 Å². The molecule has 0 aliphatic rings. The minimum Gasteiger partial charge on any atom is -0.370 e. The highest BCUT2D eigenvalue weighted by Gasteiger charge is 2.50. The zero-order valence-corrected chi connectivity index (χ0v) is 12.7. The minimum absolute atomic E-state index is 0.0777. The summed E-state index contributed by atoms with van der Waals surface area (Å²) in [6.45, 7) is 4.24. The Bertz CT molecular complexity index is 466. The Morgan fingerprint density at radius 3 is 1.19 bits per heavy atom. The fraction of sp³-hybridized carbons (Fsp3) is 0.500. The topological polar surface area (TPSA) is 27.7 Å². The average Bonchev–Trinajstić information content (AvgIpc) is 2.44. The van der Waals surface area contributed by atoms with Gasteiger partial charge in [-0.25, -0.2) is 22.0 Å². The maximum absolute atomic E-state index is 13.9. The maximum Gasteiger partial charge on any atom is 0.543 e. The molecular weight excluding hydrogens is 315 g/mol. The summed E-state index contributed by atoms with van der Waals surface area (Å²) in [6.07, 6.45) is 0. The molecule has 0 saturated heterocycles. The summed E-state index contributed by atoms with van der Waals surface area (Å²) in [7, 11) is -4.24. The Hall–Kier alpha value is -1.03. The standard InChI is InChI=1S/C12H15F5O3Si/c1-4-18-21(19-5-2,20-6-3)12-10(16)8(14)7(13)9(15)11(12)17/h4-6H2,1-3H3. The van der Waals surface area contributed by atoms with Gasteiger partial charge in [-0.3, -0.25) is 0 Å². The van der Waals surface area contributed by atoms with Crippen LogP contribution in [0.1, 0.15) is 20.8 Å². The largest absolute Gasteiger partial charge is 0.543 e. The van der Waals surface area contributed by atoms with Crippen LogP contribution in [0.3, 0.4) is 0 Å². The van der Waals surface area contributed by atoms with Gasteiger partial charge in [0.05, 0.1) is 0 Å². The monoisotopic (exact) mass is 330 g/mol. The molecule has 1 rings (SSSR count). The highest BCUT2D eigenvalue weighted by Crippen LogP contribution is 2.22. The van der Waals surface area contributed by atoms with Gasteiger partial charge >= 0.3 is 8.80 Å². The average molecular weight is 330 g/mol. The molecule has 0 bridgehead atoms. The van der Waals surface area contributed by atoms with Crippen molar-refractivity contribution in [1.29, 1.82) is 0 Å². The fourth-order valence-corrected chi connectivity index (χ4v) is 4.37. The molecule has 1 aromatic rings. The number of halogens is 5. The van der Waals surface area contributed by atoms with Crippen molar-refractivity contribution in [2.24, 2.45) is 0 Å². The van der Waals surface area contributed by atoms with Crippen LogP contribution in [0.25, 0.3) is 0 Å². The predicted molar refractivity (Wildman–Crippen MR) is 66.5 cm³/mol. The lowest BCUT2D eigenvalue weighted by atomic mass is 10.3. The zero-order valence-electron chi connectivity index (χ0n) is 11.7. The second kappa shape index (κ2) is 7.30. The van der Waals surface area contributed by atoms with Crippen LogP contribution in [-0.4, -0.2) is 28.6 Å². The third kappa shape index (κ3) is 3.25. The molecule has 0 unspecified atom stereocenters. The highest BCUT2D eigenvalue weighted by atomic mass is 28.4. The van der Waals surface area contributed by atoms with Crippen molar-refractivity contribution >= 4 is 14.0 Å². The van der Waals surface area contributed by atoms with E-state index in [9.17, 15) is 22.0 Å². The third-order valence-electron chi connectivity index (χ3n) is 2.52. The molecule has 0 saturated carbocycles. The molecule has 120 valence electrons. The Morgan fingerprint density at radius 2 is 0.905 bits per heavy atom. The van der Waals surface area contributed by atoms with Crippen LogP contribution in [0.2, 0.25) is 0 Å². The SMILES string of the molecule is CCO[Si](OCC)(OCC)c1c(F)c(F)c(F)c(F)c1F. The molecule has 9 heteroatoms. The van der Waals surface area contributed by atoms with Crippen molar-refractivity contribution in [1.82, 2.24) is 0 Å². The maximum atomic E-state index is 13.9. The van der Waals surface area contributed by atoms with E-state index in [4.69, 9.17) is 13.3 Å². The molecule has 0 amide bonds. The minimum atomic E-state index is -4.24. The number of hydrogen-bond acceptors (Lipinski definition) is 3. The summed E-state index contributed by atoms with van der Waals surface area (Å²) in [5.74, 6) is -10.3. The molecule has 0 N–H and O–H groups in total. The zero-order chi connectivity index (χ0) is 16.2. The summed E-state index contributed by atoms with van der Waals surface area (Å²) < 4.78 is 83.2. The number of rotatable bonds is 7. The van der Waals surface area contributed by atoms with Crippen molar-refractivity contribution in [3.8, 4) is 0 Å². The van der Waals surface area contributed by atoms with Gasteiger partial charge in [0.2, 0.25) is 5.82 Å². The lowest BCUT2D eigenvalue weighted by molar-refractivity contribution is 0.0838. The molecule has 0 spiro atoms. The molecule has 0 aliphatic heterocycles. The second-order valence-corrected chi connectivity index (χ2v) is 6.28. The summed E-state index contributed by atoms with van der Waals surface area (Å²) in [6, 6.07) is 0. The first-order valence-corrected chi connectivity index (χ1v) is 8.02. The normalized spacial score (nSPS) is 12.0. The van der Waals surface area contributed by atoms with E-state index in [2.05, 4.69) is 0 Å². The van der Waals surface area contributed by atoms with E-state index in [1.54, 1.807) is 0 Å². The van der Waals surface area contributed by atoms with Crippen LogP contribution >= 0.6 is 0 Å². The lowest BCUT2D eigenvalue weighted by Crippen LogP contribution is -2.60. The van der Waals surface area contributed by atoms with Gasteiger partial charge in [-0.05, 0) is 20.8 Å². The molecule has 0 aliphatic carbocycles. The summed E-state index contributed by atoms with van der Waals surface area (Å²) in [5, 5.41) is -1.16. The third-order valence-corrected chi connectivity index (χ3v) is 5.58. The van der Waals surface area contributed by atoms with Crippen molar-refractivity contribution in [3.05, 3.63) is 29.1 Å². The summed E-state index contributed by atoms with van der Waals surface area (Å²) in [4.78, 5) is 0. The number of benzene rings is 1. The van der Waals surface area contributed by atoms with Crippen LogP contribution in [0, 0.1) is 29.1 Å². The van der Waals surface area contributed by atoms with Gasteiger partial charge in [0.25, 0.3) is 0 Å². The van der Waals surface area contributed by atoms with Crippen LogP contribution in [-0.2, 0) is 13.3 Å². The van der Waals surface area contributed by atoms with Crippen LogP contribution in [0.4, 0.5) is 22.0 Å².